The van der Waals surface area contributed by atoms with E-state index in [4.69, 9.17) is 11.6 Å². The Labute approximate surface area is 141 Å². The molecular weight excluding hydrogens is 314 g/mol. The highest BCUT2D eigenvalue weighted by molar-refractivity contribution is 7.99. The Morgan fingerprint density at radius 3 is 2.27 bits per heavy atom. The number of nitrogens with one attached hydrogen (secondary N) is 1. The lowest BCUT2D eigenvalue weighted by molar-refractivity contribution is -0.115. The van der Waals surface area contributed by atoms with Crippen LogP contribution >= 0.6 is 23.4 Å². The van der Waals surface area contributed by atoms with E-state index in [1.807, 2.05) is 38.1 Å². The van der Waals surface area contributed by atoms with Gasteiger partial charge in [0.1, 0.15) is 0 Å². The Balaban J connectivity index is 1.87. The fourth-order valence-electron chi connectivity index (χ4n) is 2.37. The van der Waals surface area contributed by atoms with E-state index in [-0.39, 0.29) is 5.91 Å². The van der Waals surface area contributed by atoms with Gasteiger partial charge in [-0.05, 0) is 56.2 Å². The van der Waals surface area contributed by atoms with Gasteiger partial charge in [0, 0.05) is 27.8 Å². The van der Waals surface area contributed by atoms with Crippen molar-refractivity contribution in [2.75, 3.05) is 11.1 Å². The van der Waals surface area contributed by atoms with Crippen molar-refractivity contribution in [2.24, 2.45) is 0 Å². The van der Waals surface area contributed by atoms with E-state index in [0.717, 1.165) is 32.5 Å². The Morgan fingerprint density at radius 2 is 1.68 bits per heavy atom. The van der Waals surface area contributed by atoms with Crippen LogP contribution < -0.4 is 5.32 Å². The molecule has 0 saturated heterocycles. The Morgan fingerprint density at radius 1 is 1.09 bits per heavy atom. The summed E-state index contributed by atoms with van der Waals surface area (Å²) >= 11 is 7.51. The van der Waals surface area contributed by atoms with Gasteiger partial charge in [0.2, 0.25) is 5.91 Å². The van der Waals surface area contributed by atoms with Crippen LogP contribution in [0.3, 0.4) is 0 Å². The lowest BCUT2D eigenvalue weighted by Crippen LogP contribution is -2.14. The van der Waals surface area contributed by atoms with Crippen LogP contribution in [-0.2, 0) is 4.79 Å². The first-order valence-corrected chi connectivity index (χ1v) is 8.58. The first-order valence-electron chi connectivity index (χ1n) is 7.22. The summed E-state index contributed by atoms with van der Waals surface area (Å²) in [4.78, 5) is 13.2. The Kier molecular flexibility index (Phi) is 5.92. The summed E-state index contributed by atoms with van der Waals surface area (Å²) in [7, 11) is 0. The largest absolute Gasteiger partial charge is 0.326 e. The third kappa shape index (κ3) is 4.79. The van der Waals surface area contributed by atoms with Gasteiger partial charge in [0.25, 0.3) is 0 Å². The second kappa shape index (κ2) is 7.70. The molecule has 0 spiro atoms. The number of aryl methyl sites for hydroxylation is 3. The molecule has 0 aliphatic carbocycles. The van der Waals surface area contributed by atoms with E-state index in [1.54, 1.807) is 11.8 Å². The molecule has 116 valence electrons. The van der Waals surface area contributed by atoms with Crippen molar-refractivity contribution in [3.05, 3.63) is 58.1 Å². The van der Waals surface area contributed by atoms with Crippen LogP contribution in [0.4, 0.5) is 5.69 Å². The van der Waals surface area contributed by atoms with Crippen LogP contribution in [-0.4, -0.2) is 11.7 Å². The highest BCUT2D eigenvalue weighted by atomic mass is 35.5. The third-order valence-corrected chi connectivity index (χ3v) is 4.62. The molecule has 0 bridgehead atoms. The molecule has 22 heavy (non-hydrogen) atoms. The average Bonchev–Trinajstić information content (AvgIpc) is 2.45. The minimum absolute atomic E-state index is 0.0523. The normalized spacial score (nSPS) is 10.5. The van der Waals surface area contributed by atoms with Crippen LogP contribution in [0.15, 0.2) is 41.3 Å². The van der Waals surface area contributed by atoms with Gasteiger partial charge in [0.15, 0.2) is 0 Å². The summed E-state index contributed by atoms with van der Waals surface area (Å²) in [6, 6.07) is 11.8. The summed E-state index contributed by atoms with van der Waals surface area (Å²) in [5, 5.41) is 3.76. The lowest BCUT2D eigenvalue weighted by Gasteiger charge is -2.12. The number of benzene rings is 2. The summed E-state index contributed by atoms with van der Waals surface area (Å²) in [6.45, 7) is 6.12. The number of anilines is 1. The van der Waals surface area contributed by atoms with Gasteiger partial charge >= 0.3 is 0 Å². The van der Waals surface area contributed by atoms with Gasteiger partial charge in [-0.25, -0.2) is 0 Å². The fourth-order valence-corrected chi connectivity index (χ4v) is 3.35. The monoisotopic (exact) mass is 333 g/mol. The maximum atomic E-state index is 12.1. The molecule has 2 rings (SSSR count). The van der Waals surface area contributed by atoms with Crippen molar-refractivity contribution in [1.29, 1.82) is 0 Å². The minimum atomic E-state index is 0.0523. The SMILES string of the molecule is Cc1cc(C)c(NC(=O)CCSc2ccc(Cl)cc2)c(C)c1. The molecule has 0 saturated carbocycles. The standard InChI is InChI=1S/C18H20ClNOS/c1-12-10-13(2)18(14(3)11-12)20-17(21)8-9-22-16-6-4-15(19)5-7-16/h4-7,10-11H,8-9H2,1-3H3,(H,20,21). The van der Waals surface area contributed by atoms with Gasteiger partial charge in [-0.15, -0.1) is 11.8 Å². The zero-order valence-electron chi connectivity index (χ0n) is 13.1. The maximum Gasteiger partial charge on any atom is 0.225 e. The first-order chi connectivity index (χ1) is 10.5. The molecule has 1 N–H and O–H groups in total. The summed E-state index contributed by atoms with van der Waals surface area (Å²) < 4.78 is 0. The second-order valence-electron chi connectivity index (χ2n) is 5.37. The molecule has 0 aromatic heterocycles. The third-order valence-electron chi connectivity index (χ3n) is 3.35. The fraction of sp³-hybridized carbons (Fsp3) is 0.278. The predicted octanol–water partition coefficient (Wildman–Crippen LogP) is 5.39. The molecule has 0 unspecified atom stereocenters. The molecular formula is C18H20ClNOS. The smallest absolute Gasteiger partial charge is 0.225 e. The molecule has 0 heterocycles. The number of halogens is 1. The highest BCUT2D eigenvalue weighted by Crippen LogP contribution is 2.23. The van der Waals surface area contributed by atoms with Crippen LogP contribution in [0.5, 0.6) is 0 Å². The number of rotatable bonds is 5. The van der Waals surface area contributed by atoms with Crippen molar-refractivity contribution in [2.45, 2.75) is 32.1 Å². The molecule has 0 fully saturated rings. The van der Waals surface area contributed by atoms with E-state index < -0.39 is 0 Å². The van der Waals surface area contributed by atoms with E-state index in [0.29, 0.717) is 6.42 Å². The van der Waals surface area contributed by atoms with Crippen molar-refractivity contribution >= 4 is 35.0 Å². The summed E-state index contributed by atoms with van der Waals surface area (Å²) in [5.41, 5.74) is 4.37. The van der Waals surface area contributed by atoms with Crippen molar-refractivity contribution in [1.82, 2.24) is 0 Å². The molecule has 2 aromatic rings. The van der Waals surface area contributed by atoms with Gasteiger partial charge in [-0.3, -0.25) is 4.79 Å². The van der Waals surface area contributed by atoms with Crippen LogP contribution in [0.2, 0.25) is 5.02 Å². The molecule has 0 aliphatic rings. The molecule has 2 aromatic carbocycles. The van der Waals surface area contributed by atoms with E-state index >= 15 is 0 Å². The first kappa shape index (κ1) is 16.9. The number of amides is 1. The van der Waals surface area contributed by atoms with Gasteiger partial charge in [-0.1, -0.05) is 29.3 Å². The van der Waals surface area contributed by atoms with Crippen LogP contribution in [0, 0.1) is 20.8 Å². The zero-order valence-corrected chi connectivity index (χ0v) is 14.6. The number of hydrogen-bond donors (Lipinski definition) is 1. The predicted molar refractivity (Wildman–Crippen MR) is 96.1 cm³/mol. The molecule has 0 atom stereocenters. The van der Waals surface area contributed by atoms with E-state index in [1.165, 1.54) is 5.56 Å². The number of thioether (sulfide) groups is 1. The summed E-state index contributed by atoms with van der Waals surface area (Å²) in [6.07, 6.45) is 0.486. The Hall–Kier alpha value is -1.45. The average molecular weight is 334 g/mol. The van der Waals surface area contributed by atoms with Gasteiger partial charge < -0.3 is 5.32 Å². The van der Waals surface area contributed by atoms with Crippen molar-refractivity contribution in [3.63, 3.8) is 0 Å². The van der Waals surface area contributed by atoms with Crippen molar-refractivity contribution in [3.8, 4) is 0 Å². The molecule has 4 heteroatoms. The molecule has 2 nitrogen and oxygen atoms in total. The highest BCUT2D eigenvalue weighted by Gasteiger charge is 2.08. The maximum absolute atomic E-state index is 12.1. The zero-order chi connectivity index (χ0) is 16.1. The lowest BCUT2D eigenvalue weighted by atomic mass is 10.1. The Bertz CT molecular complexity index is 644. The van der Waals surface area contributed by atoms with Crippen LogP contribution in [0.1, 0.15) is 23.1 Å². The second-order valence-corrected chi connectivity index (χ2v) is 6.98. The number of carbonyl (C=O) groups is 1. The van der Waals surface area contributed by atoms with Gasteiger partial charge in [-0.2, -0.15) is 0 Å². The quantitative estimate of drug-likeness (QED) is 0.743. The molecule has 0 aliphatic heterocycles. The van der Waals surface area contributed by atoms with E-state index in [9.17, 15) is 4.79 Å². The minimum Gasteiger partial charge on any atom is -0.326 e. The molecule has 0 radical (unpaired) electrons. The topological polar surface area (TPSA) is 29.1 Å². The van der Waals surface area contributed by atoms with Gasteiger partial charge in [0.05, 0.1) is 0 Å². The van der Waals surface area contributed by atoms with E-state index in [2.05, 4.69) is 24.4 Å². The van der Waals surface area contributed by atoms with Crippen molar-refractivity contribution < 1.29 is 4.79 Å². The molecule has 1 amide bonds. The summed E-state index contributed by atoms with van der Waals surface area (Å²) in [5.74, 6) is 0.800. The number of hydrogen-bond acceptors (Lipinski definition) is 2. The van der Waals surface area contributed by atoms with Crippen LogP contribution in [0.25, 0.3) is 0 Å². The number of carbonyl (C=O) groups excluding carboxylic acids is 1.